The molecular formula is C25H31N3O5. The van der Waals surface area contributed by atoms with E-state index in [1.165, 1.54) is 4.90 Å². The quantitative estimate of drug-likeness (QED) is 0.414. The number of carbonyl (C=O) groups is 3. The van der Waals surface area contributed by atoms with E-state index in [2.05, 4.69) is 4.98 Å². The van der Waals surface area contributed by atoms with Crippen LogP contribution in [0, 0.1) is 0 Å². The second-order valence-electron chi connectivity index (χ2n) is 9.11. The van der Waals surface area contributed by atoms with E-state index in [0.29, 0.717) is 23.4 Å². The van der Waals surface area contributed by atoms with Gasteiger partial charge in [0.05, 0.1) is 16.8 Å². The molecule has 8 heteroatoms. The molecule has 0 saturated carbocycles. The average molecular weight is 454 g/mol. The zero-order chi connectivity index (χ0) is 24.0. The van der Waals surface area contributed by atoms with E-state index in [9.17, 15) is 19.5 Å². The number of aryl methyl sites for hydroxylation is 1. The Hall–Kier alpha value is -3.26. The van der Waals surface area contributed by atoms with Crippen LogP contribution in [0.3, 0.4) is 0 Å². The highest BCUT2D eigenvalue weighted by Crippen LogP contribution is 2.23. The minimum atomic E-state index is -0.882. The van der Waals surface area contributed by atoms with Gasteiger partial charge in [-0.25, -0.2) is 4.79 Å². The third-order valence-electron chi connectivity index (χ3n) is 5.57. The molecule has 8 nitrogen and oxygen atoms in total. The summed E-state index contributed by atoms with van der Waals surface area (Å²) in [6.07, 6.45) is 3.61. The minimum absolute atomic E-state index is 0.0249. The van der Waals surface area contributed by atoms with Crippen LogP contribution in [-0.4, -0.2) is 50.0 Å². The number of amides is 3. The van der Waals surface area contributed by atoms with E-state index in [4.69, 9.17) is 4.84 Å². The molecule has 176 valence electrons. The van der Waals surface area contributed by atoms with Crippen molar-refractivity contribution < 1.29 is 24.3 Å². The summed E-state index contributed by atoms with van der Waals surface area (Å²) in [5.41, 5.74) is 1.86. The second-order valence-corrected chi connectivity index (χ2v) is 9.11. The van der Waals surface area contributed by atoms with Gasteiger partial charge in [-0.15, -0.1) is 5.06 Å². The van der Waals surface area contributed by atoms with Gasteiger partial charge in [0.15, 0.2) is 0 Å². The Labute approximate surface area is 194 Å². The van der Waals surface area contributed by atoms with E-state index >= 15 is 0 Å². The fraction of sp³-hybridized carbons (Fsp3) is 0.440. The summed E-state index contributed by atoms with van der Waals surface area (Å²) in [6.45, 7) is 6.26. The van der Waals surface area contributed by atoms with Crippen LogP contribution in [-0.2, 0) is 17.9 Å². The molecule has 0 unspecified atom stereocenters. The minimum Gasteiger partial charge on any atom is -0.465 e. The topological polar surface area (TPSA) is 100 Å². The number of hydrogen-bond acceptors (Lipinski definition) is 5. The molecule has 3 rings (SSSR count). The predicted octanol–water partition coefficient (Wildman–Crippen LogP) is 4.69. The Morgan fingerprint density at radius 1 is 0.939 bits per heavy atom. The lowest BCUT2D eigenvalue weighted by molar-refractivity contribution is -0.102. The Morgan fingerprint density at radius 3 is 2.15 bits per heavy atom. The van der Waals surface area contributed by atoms with Crippen LogP contribution >= 0.6 is 0 Å². The first-order valence-corrected chi connectivity index (χ1v) is 11.2. The number of benzene rings is 1. The van der Waals surface area contributed by atoms with Crippen molar-refractivity contribution >= 4 is 17.9 Å². The number of pyridine rings is 1. The fourth-order valence-corrected chi connectivity index (χ4v) is 3.81. The number of hydrogen-bond donors (Lipinski definition) is 1. The zero-order valence-corrected chi connectivity index (χ0v) is 19.4. The Bertz CT molecular complexity index is 980. The van der Waals surface area contributed by atoms with Crippen molar-refractivity contribution in [1.82, 2.24) is 14.9 Å². The second kappa shape index (κ2) is 10.6. The number of hydroxylamine groups is 2. The number of carbonyl (C=O) groups excluding carboxylic acids is 2. The van der Waals surface area contributed by atoms with E-state index in [0.717, 1.165) is 42.9 Å². The van der Waals surface area contributed by atoms with Gasteiger partial charge >= 0.3 is 6.09 Å². The molecule has 33 heavy (non-hydrogen) atoms. The molecule has 0 fully saturated rings. The number of carboxylic acid groups (broad SMARTS) is 1. The maximum absolute atomic E-state index is 12.4. The first-order valence-electron chi connectivity index (χ1n) is 11.2. The summed E-state index contributed by atoms with van der Waals surface area (Å²) in [5.74, 6) is -0.917. The van der Waals surface area contributed by atoms with Crippen LogP contribution in [0.5, 0.6) is 0 Å². The summed E-state index contributed by atoms with van der Waals surface area (Å²) >= 11 is 0. The van der Waals surface area contributed by atoms with E-state index in [1.807, 2.05) is 32.9 Å². The van der Waals surface area contributed by atoms with Crippen LogP contribution in [0.2, 0.25) is 0 Å². The predicted molar refractivity (Wildman–Crippen MR) is 123 cm³/mol. The number of unbranched alkanes of at least 4 members (excludes halogenated alkanes) is 3. The first-order chi connectivity index (χ1) is 15.7. The molecule has 2 heterocycles. The maximum Gasteiger partial charge on any atom is 0.407 e. The maximum atomic E-state index is 12.4. The molecular weight excluding hydrogens is 422 g/mol. The third-order valence-corrected chi connectivity index (χ3v) is 5.57. The van der Waals surface area contributed by atoms with Crippen molar-refractivity contribution in [3.8, 4) is 0 Å². The molecule has 2 aromatic rings. The van der Waals surface area contributed by atoms with Crippen molar-refractivity contribution in [1.29, 1.82) is 0 Å². The smallest absolute Gasteiger partial charge is 0.407 e. The van der Waals surface area contributed by atoms with Gasteiger partial charge in [-0.1, -0.05) is 31.0 Å². The van der Waals surface area contributed by atoms with Gasteiger partial charge in [0.25, 0.3) is 11.8 Å². The average Bonchev–Trinajstić information content (AvgIpc) is 3.01. The zero-order valence-electron chi connectivity index (χ0n) is 19.4. The molecule has 1 aliphatic heterocycles. The fourth-order valence-electron chi connectivity index (χ4n) is 3.81. The van der Waals surface area contributed by atoms with Crippen LogP contribution in [0.25, 0.3) is 0 Å². The van der Waals surface area contributed by atoms with Crippen LogP contribution in [0.15, 0.2) is 42.5 Å². The van der Waals surface area contributed by atoms with Gasteiger partial charge in [0, 0.05) is 17.8 Å². The van der Waals surface area contributed by atoms with Crippen molar-refractivity contribution in [3.05, 3.63) is 65.0 Å². The number of imide groups is 1. The van der Waals surface area contributed by atoms with Gasteiger partial charge in [0.2, 0.25) is 0 Å². The molecule has 0 atom stereocenters. The van der Waals surface area contributed by atoms with Crippen molar-refractivity contribution in [2.45, 2.75) is 65.0 Å². The van der Waals surface area contributed by atoms with Crippen LogP contribution in [0.4, 0.5) is 4.79 Å². The summed E-state index contributed by atoms with van der Waals surface area (Å²) in [5, 5.41) is 10.1. The molecule has 0 radical (unpaired) electrons. The number of rotatable bonds is 10. The van der Waals surface area contributed by atoms with Gasteiger partial charge in [-0.05, 0) is 64.3 Å². The Morgan fingerprint density at radius 2 is 1.55 bits per heavy atom. The molecule has 0 aliphatic carbocycles. The first kappa shape index (κ1) is 24.4. The summed E-state index contributed by atoms with van der Waals surface area (Å²) < 4.78 is 0. The highest BCUT2D eigenvalue weighted by molar-refractivity contribution is 6.20. The number of aromatic nitrogens is 1. The third kappa shape index (κ3) is 6.16. The molecule has 3 amide bonds. The molecule has 1 N–H and O–H groups in total. The number of nitrogens with zero attached hydrogens (tertiary/aromatic N) is 3. The molecule has 1 aromatic heterocycles. The standard InChI is InChI=1S/C25H31N3O5/c1-25(2,3)27(24(31)32)16-9-5-4-6-11-18-12-10-13-19(26-18)17-33-28-22(29)20-14-7-8-15-21(20)23(28)30/h7-8,10,12-15H,4-6,9,11,16-17H2,1-3H3,(H,31,32). The van der Waals surface area contributed by atoms with E-state index in [1.54, 1.807) is 30.3 Å². The summed E-state index contributed by atoms with van der Waals surface area (Å²) in [6, 6.07) is 12.3. The van der Waals surface area contributed by atoms with E-state index < -0.39 is 23.4 Å². The summed E-state index contributed by atoms with van der Waals surface area (Å²) in [7, 11) is 0. The van der Waals surface area contributed by atoms with Gasteiger partial charge in [-0.3, -0.25) is 19.4 Å². The lowest BCUT2D eigenvalue weighted by Crippen LogP contribution is -2.45. The Balaban J connectivity index is 1.42. The van der Waals surface area contributed by atoms with Crippen molar-refractivity contribution in [3.63, 3.8) is 0 Å². The Kier molecular flexibility index (Phi) is 7.81. The van der Waals surface area contributed by atoms with Gasteiger partial charge in [0.1, 0.15) is 6.61 Å². The molecule has 0 saturated heterocycles. The highest BCUT2D eigenvalue weighted by Gasteiger charge is 2.36. The largest absolute Gasteiger partial charge is 0.465 e. The summed E-state index contributed by atoms with van der Waals surface area (Å²) in [4.78, 5) is 47.7. The molecule has 1 aliphatic rings. The van der Waals surface area contributed by atoms with Gasteiger partial charge < -0.3 is 10.0 Å². The van der Waals surface area contributed by atoms with Crippen LogP contribution in [0.1, 0.15) is 78.6 Å². The van der Waals surface area contributed by atoms with E-state index in [-0.39, 0.29) is 6.61 Å². The number of fused-ring (bicyclic) bond motifs is 1. The molecule has 1 aromatic carbocycles. The van der Waals surface area contributed by atoms with Crippen molar-refractivity contribution in [2.24, 2.45) is 0 Å². The van der Waals surface area contributed by atoms with Gasteiger partial charge in [-0.2, -0.15) is 0 Å². The molecule has 0 bridgehead atoms. The highest BCUT2D eigenvalue weighted by atomic mass is 16.7. The normalized spacial score (nSPS) is 13.4. The lowest BCUT2D eigenvalue weighted by Gasteiger charge is -2.33. The van der Waals surface area contributed by atoms with Crippen molar-refractivity contribution in [2.75, 3.05) is 6.54 Å². The molecule has 0 spiro atoms. The lowest BCUT2D eigenvalue weighted by atomic mass is 10.1. The monoisotopic (exact) mass is 453 g/mol. The SMILES string of the molecule is CC(C)(C)N(CCCCCCc1cccc(CON2C(=O)c3ccccc3C2=O)n1)C(=O)O. The van der Waals surface area contributed by atoms with Crippen LogP contribution < -0.4 is 0 Å².